The van der Waals surface area contributed by atoms with Gasteiger partial charge in [-0.15, -0.1) is 0 Å². The first-order chi connectivity index (χ1) is 17.2. The second-order valence-corrected chi connectivity index (χ2v) is 10.0. The van der Waals surface area contributed by atoms with Crippen molar-refractivity contribution < 1.29 is 14.3 Å². The minimum absolute atomic E-state index is 0.189. The highest BCUT2D eigenvalue weighted by molar-refractivity contribution is 7.07. The number of nitrogens with zero attached hydrogens (tertiary/aromatic N) is 3. The van der Waals surface area contributed by atoms with Crippen LogP contribution in [0.3, 0.4) is 0 Å². The predicted octanol–water partition coefficient (Wildman–Crippen LogP) is 2.84. The molecule has 0 saturated carbocycles. The summed E-state index contributed by atoms with van der Waals surface area (Å²) < 4.78 is 7.06. The van der Waals surface area contributed by atoms with Gasteiger partial charge in [-0.25, -0.2) is 9.79 Å². The summed E-state index contributed by atoms with van der Waals surface area (Å²) in [5, 5.41) is 3.25. The van der Waals surface area contributed by atoms with E-state index in [1.165, 1.54) is 4.57 Å². The van der Waals surface area contributed by atoms with Crippen LogP contribution in [-0.2, 0) is 14.3 Å². The zero-order valence-corrected chi connectivity index (χ0v) is 21.7. The molecule has 2 aliphatic rings. The summed E-state index contributed by atoms with van der Waals surface area (Å²) >= 11 is 7.31. The number of aromatic nitrogens is 1. The number of carbonyl (C=O) groups is 2. The average molecular weight is 523 g/mol. The molecule has 184 valence electrons. The van der Waals surface area contributed by atoms with Crippen LogP contribution in [-0.4, -0.2) is 37.1 Å². The van der Waals surface area contributed by atoms with E-state index in [4.69, 9.17) is 16.3 Å². The minimum atomic E-state index is -0.755. The topological polar surface area (TPSA) is 93.0 Å². The second-order valence-electron chi connectivity index (χ2n) is 8.63. The van der Waals surface area contributed by atoms with Crippen molar-refractivity contribution in [2.75, 3.05) is 30.9 Å². The van der Waals surface area contributed by atoms with Crippen LogP contribution in [0, 0.1) is 0 Å². The summed E-state index contributed by atoms with van der Waals surface area (Å²) in [6.45, 7) is 3.65. The van der Waals surface area contributed by atoms with Crippen molar-refractivity contribution in [3.05, 3.63) is 89.6 Å². The van der Waals surface area contributed by atoms with Gasteiger partial charge in [0.1, 0.15) is 4.53 Å². The molecule has 0 bridgehead atoms. The lowest BCUT2D eigenvalue weighted by Gasteiger charge is -2.25. The van der Waals surface area contributed by atoms with Crippen molar-refractivity contribution >= 4 is 51.8 Å². The van der Waals surface area contributed by atoms with Crippen LogP contribution >= 0.6 is 22.9 Å². The molecular weight excluding hydrogens is 500 g/mol. The first kappa shape index (κ1) is 24.0. The van der Waals surface area contributed by atoms with Gasteiger partial charge in [0.25, 0.3) is 11.5 Å². The third-order valence-corrected chi connectivity index (χ3v) is 7.46. The number of carbonyl (C=O) groups excluding carboxylic acids is 2. The van der Waals surface area contributed by atoms with E-state index in [2.05, 4.69) is 10.3 Å². The molecule has 0 aliphatic carbocycles. The quantitative estimate of drug-likeness (QED) is 0.532. The molecule has 0 spiro atoms. The number of allylic oxidation sites excluding steroid dienone is 1. The van der Waals surface area contributed by atoms with Gasteiger partial charge in [-0.1, -0.05) is 35.1 Å². The Morgan fingerprint density at radius 3 is 2.58 bits per heavy atom. The third-order valence-electron chi connectivity index (χ3n) is 6.17. The van der Waals surface area contributed by atoms with Crippen LogP contribution in [0.2, 0.25) is 5.02 Å². The van der Waals surface area contributed by atoms with Crippen LogP contribution in [0.1, 0.15) is 31.0 Å². The Morgan fingerprint density at radius 1 is 1.19 bits per heavy atom. The number of benzene rings is 2. The summed E-state index contributed by atoms with van der Waals surface area (Å²) in [6.07, 6.45) is 0. The van der Waals surface area contributed by atoms with Gasteiger partial charge in [0.05, 0.1) is 29.5 Å². The van der Waals surface area contributed by atoms with Crippen LogP contribution in [0.5, 0.6) is 0 Å². The van der Waals surface area contributed by atoms with Crippen LogP contribution < -0.4 is 25.1 Å². The Balaban J connectivity index is 1.80. The van der Waals surface area contributed by atoms with E-state index in [1.807, 2.05) is 43.3 Å². The molecule has 10 heteroatoms. The lowest BCUT2D eigenvalue weighted by atomic mass is 9.95. The molecule has 5 rings (SSSR count). The zero-order valence-electron chi connectivity index (χ0n) is 20.1. The summed E-state index contributed by atoms with van der Waals surface area (Å²) in [5.41, 5.74) is 3.45. The number of esters is 1. The lowest BCUT2D eigenvalue weighted by Crippen LogP contribution is -2.40. The number of fused-ring (bicyclic) bond motifs is 2. The van der Waals surface area contributed by atoms with Crippen molar-refractivity contribution in [2.45, 2.75) is 19.9 Å². The zero-order chi connectivity index (χ0) is 25.7. The van der Waals surface area contributed by atoms with Crippen LogP contribution in [0.15, 0.2) is 63.5 Å². The molecule has 1 amide bonds. The van der Waals surface area contributed by atoms with Gasteiger partial charge in [-0.3, -0.25) is 14.2 Å². The van der Waals surface area contributed by atoms with Crippen LogP contribution in [0.4, 0.5) is 11.4 Å². The Kier molecular flexibility index (Phi) is 6.05. The Hall–Kier alpha value is -3.69. The number of anilines is 2. The van der Waals surface area contributed by atoms with E-state index in [0.717, 1.165) is 22.6 Å². The first-order valence-corrected chi connectivity index (χ1v) is 12.5. The molecule has 3 aromatic rings. The SMILES string of the molecule is CCOC(=O)C1=C(C)N=c2s/c(=C3\C(=O)Nc4ccc(Cl)cc43)c(=O)n2[C@H]1c1ccc(N(C)C)cc1. The van der Waals surface area contributed by atoms with Crippen molar-refractivity contribution in [2.24, 2.45) is 4.99 Å². The maximum absolute atomic E-state index is 13.9. The fraction of sp³-hybridized carbons (Fsp3) is 0.231. The molecule has 1 atom stereocenters. The maximum atomic E-state index is 13.9. The van der Waals surface area contributed by atoms with Gasteiger partial charge in [0.2, 0.25) is 0 Å². The van der Waals surface area contributed by atoms with Gasteiger partial charge in [0, 0.05) is 36.1 Å². The molecule has 0 unspecified atom stereocenters. The largest absolute Gasteiger partial charge is 0.463 e. The Labute approximate surface area is 215 Å². The van der Waals surface area contributed by atoms with Gasteiger partial charge in [0.15, 0.2) is 4.80 Å². The number of nitrogens with one attached hydrogen (secondary N) is 1. The van der Waals surface area contributed by atoms with Crippen LogP contribution in [0.25, 0.3) is 5.57 Å². The molecule has 3 heterocycles. The number of hydrogen-bond acceptors (Lipinski definition) is 7. The summed E-state index contributed by atoms with van der Waals surface area (Å²) in [5.74, 6) is -0.917. The van der Waals surface area contributed by atoms with E-state index in [0.29, 0.717) is 26.8 Å². The fourth-order valence-electron chi connectivity index (χ4n) is 4.48. The van der Waals surface area contributed by atoms with Gasteiger partial charge >= 0.3 is 5.97 Å². The molecule has 0 saturated heterocycles. The van der Waals surface area contributed by atoms with E-state index in [1.54, 1.807) is 32.0 Å². The van der Waals surface area contributed by atoms with Gasteiger partial charge in [-0.2, -0.15) is 0 Å². The first-order valence-electron chi connectivity index (χ1n) is 11.3. The summed E-state index contributed by atoms with van der Waals surface area (Å²) in [7, 11) is 3.87. The highest BCUT2D eigenvalue weighted by atomic mass is 35.5. The maximum Gasteiger partial charge on any atom is 0.338 e. The second kappa shape index (κ2) is 9.07. The van der Waals surface area contributed by atoms with Gasteiger partial charge < -0.3 is 15.0 Å². The lowest BCUT2D eigenvalue weighted by molar-refractivity contribution is -0.139. The van der Waals surface area contributed by atoms with E-state index >= 15 is 0 Å². The third kappa shape index (κ3) is 3.84. The predicted molar refractivity (Wildman–Crippen MR) is 140 cm³/mol. The summed E-state index contributed by atoms with van der Waals surface area (Å²) in [4.78, 5) is 46.9. The number of thiazole rings is 1. The number of hydrogen-bond donors (Lipinski definition) is 1. The number of halogens is 1. The van der Waals surface area contributed by atoms with E-state index in [-0.39, 0.29) is 28.2 Å². The molecule has 36 heavy (non-hydrogen) atoms. The normalized spacial score (nSPS) is 17.8. The van der Waals surface area contributed by atoms with E-state index < -0.39 is 17.6 Å². The average Bonchev–Trinajstić information content (AvgIpc) is 3.32. The Morgan fingerprint density at radius 2 is 1.92 bits per heavy atom. The Bertz CT molecular complexity index is 1630. The molecule has 0 fully saturated rings. The van der Waals surface area contributed by atoms with Crippen molar-refractivity contribution in [3.63, 3.8) is 0 Å². The molecule has 1 aromatic heterocycles. The number of rotatable bonds is 4. The highest BCUT2D eigenvalue weighted by Crippen LogP contribution is 2.34. The van der Waals surface area contributed by atoms with Crippen molar-refractivity contribution in [1.29, 1.82) is 0 Å². The smallest absolute Gasteiger partial charge is 0.338 e. The number of ether oxygens (including phenoxy) is 1. The molecule has 2 aliphatic heterocycles. The van der Waals surface area contributed by atoms with Crippen molar-refractivity contribution in [3.8, 4) is 0 Å². The van der Waals surface area contributed by atoms with Crippen molar-refractivity contribution in [1.82, 2.24) is 4.57 Å². The molecule has 8 nitrogen and oxygen atoms in total. The molecule has 2 aromatic carbocycles. The van der Waals surface area contributed by atoms with Gasteiger partial charge in [-0.05, 0) is 49.7 Å². The standard InChI is InChI=1S/C26H23ClN4O4S/c1-5-35-25(34)19-13(2)28-26-31(21(19)14-6-9-16(10-7-14)30(3)4)24(33)22(36-26)20-17-12-15(27)8-11-18(17)29-23(20)32/h6-12,21H,5H2,1-4H3,(H,29,32)/b22-20-/t21-/m0/s1. The molecular formula is C26H23ClN4O4S. The molecule has 1 N–H and O–H groups in total. The monoisotopic (exact) mass is 522 g/mol. The highest BCUT2D eigenvalue weighted by Gasteiger charge is 2.35. The summed E-state index contributed by atoms with van der Waals surface area (Å²) in [6, 6.07) is 11.9. The molecule has 0 radical (unpaired) electrons. The number of amides is 1. The van der Waals surface area contributed by atoms with E-state index in [9.17, 15) is 14.4 Å². The fourth-order valence-corrected chi connectivity index (χ4v) is 5.79. The minimum Gasteiger partial charge on any atom is -0.463 e.